The lowest BCUT2D eigenvalue weighted by molar-refractivity contribution is -0.115. The molecule has 0 saturated heterocycles. The molecule has 2 N–H and O–H groups in total. The van der Waals surface area contributed by atoms with Gasteiger partial charge in [0.1, 0.15) is 5.82 Å². The number of nitrogens with one attached hydrogen (secondary N) is 2. The summed E-state index contributed by atoms with van der Waals surface area (Å²) in [6.45, 7) is 0. The molecule has 2 aromatic rings. The number of carbonyl (C=O) groups excluding carboxylic acids is 1. The van der Waals surface area contributed by atoms with Crippen LogP contribution < -0.4 is 10.6 Å². The molecule has 1 saturated carbocycles. The number of pyridine rings is 1. The average molecular weight is 388 g/mol. The Bertz CT molecular complexity index is 664. The number of benzene rings is 1. The Morgan fingerprint density at radius 2 is 1.83 bits per heavy atom. The summed E-state index contributed by atoms with van der Waals surface area (Å²) in [5.41, 5.74) is 2.00. The molecule has 0 atom stereocenters. The Labute approximate surface area is 151 Å². The van der Waals surface area contributed by atoms with Crippen LogP contribution in [0.2, 0.25) is 0 Å². The number of nitrogens with zero attached hydrogens (tertiary/aromatic N) is 1. The van der Waals surface area contributed by atoms with Crippen LogP contribution in [0, 0.1) is 0 Å². The molecule has 0 unspecified atom stereocenters. The number of carbonyl (C=O) groups is 1. The predicted octanol–water partition coefficient (Wildman–Crippen LogP) is 4.77. The van der Waals surface area contributed by atoms with Gasteiger partial charge in [0.05, 0.1) is 18.3 Å². The van der Waals surface area contributed by atoms with E-state index >= 15 is 0 Å². The van der Waals surface area contributed by atoms with Gasteiger partial charge in [-0.05, 0) is 42.7 Å². The first-order chi connectivity index (χ1) is 11.7. The number of hydrogen-bond acceptors (Lipinski definition) is 3. The van der Waals surface area contributed by atoms with Gasteiger partial charge in [0.25, 0.3) is 0 Å². The van der Waals surface area contributed by atoms with Gasteiger partial charge in [-0.3, -0.25) is 4.79 Å². The summed E-state index contributed by atoms with van der Waals surface area (Å²) >= 11 is 3.39. The number of anilines is 2. The van der Waals surface area contributed by atoms with Crippen LogP contribution in [-0.4, -0.2) is 16.9 Å². The van der Waals surface area contributed by atoms with Gasteiger partial charge in [0.15, 0.2) is 0 Å². The molecular weight excluding hydrogens is 366 g/mol. The molecule has 1 amide bonds. The van der Waals surface area contributed by atoms with Gasteiger partial charge in [0.2, 0.25) is 5.91 Å². The van der Waals surface area contributed by atoms with Crippen molar-refractivity contribution in [3.05, 3.63) is 52.6 Å². The maximum absolute atomic E-state index is 12.1. The zero-order valence-corrected chi connectivity index (χ0v) is 15.2. The fourth-order valence-electron chi connectivity index (χ4n) is 3.01. The quantitative estimate of drug-likeness (QED) is 0.776. The monoisotopic (exact) mass is 387 g/mol. The van der Waals surface area contributed by atoms with Gasteiger partial charge >= 0.3 is 0 Å². The summed E-state index contributed by atoms with van der Waals surface area (Å²) in [4.78, 5) is 16.4. The number of amides is 1. The van der Waals surface area contributed by atoms with Crippen LogP contribution >= 0.6 is 15.9 Å². The number of aromatic nitrogens is 1. The molecule has 0 spiro atoms. The minimum atomic E-state index is -0.0576. The van der Waals surface area contributed by atoms with E-state index in [2.05, 4.69) is 31.5 Å². The fourth-order valence-corrected chi connectivity index (χ4v) is 3.27. The first-order valence-corrected chi connectivity index (χ1v) is 9.25. The molecule has 5 heteroatoms. The van der Waals surface area contributed by atoms with Crippen LogP contribution in [-0.2, 0) is 11.2 Å². The van der Waals surface area contributed by atoms with Gasteiger partial charge < -0.3 is 10.6 Å². The summed E-state index contributed by atoms with van der Waals surface area (Å²) in [7, 11) is 0. The van der Waals surface area contributed by atoms with Crippen LogP contribution in [0.25, 0.3) is 0 Å². The Kier molecular flexibility index (Phi) is 5.86. The Hall–Kier alpha value is -1.88. The van der Waals surface area contributed by atoms with Crippen LogP contribution in [0.4, 0.5) is 11.5 Å². The van der Waals surface area contributed by atoms with Gasteiger partial charge in [-0.25, -0.2) is 4.98 Å². The van der Waals surface area contributed by atoms with Crippen molar-refractivity contribution in [2.45, 2.75) is 44.6 Å². The topological polar surface area (TPSA) is 54.0 Å². The van der Waals surface area contributed by atoms with E-state index < -0.39 is 0 Å². The summed E-state index contributed by atoms with van der Waals surface area (Å²) in [5, 5.41) is 6.37. The molecule has 3 rings (SSSR count). The normalized spacial score (nSPS) is 15.0. The highest BCUT2D eigenvalue weighted by molar-refractivity contribution is 9.10. The molecule has 0 bridgehead atoms. The summed E-state index contributed by atoms with van der Waals surface area (Å²) in [6.07, 6.45) is 8.54. The minimum absolute atomic E-state index is 0.0576. The zero-order valence-electron chi connectivity index (χ0n) is 13.6. The third-order valence-electron chi connectivity index (χ3n) is 4.28. The van der Waals surface area contributed by atoms with E-state index in [9.17, 15) is 4.79 Å². The highest BCUT2D eigenvalue weighted by atomic mass is 79.9. The molecule has 1 aromatic heterocycles. The molecule has 1 aliphatic carbocycles. The second kappa shape index (κ2) is 8.29. The molecule has 0 aliphatic heterocycles. The van der Waals surface area contributed by atoms with Crippen molar-refractivity contribution in [2.24, 2.45) is 0 Å². The standard InChI is InChI=1S/C19H22BrN3O/c20-15-8-6-14(7-9-15)12-19(24)23-18-11-10-17(13-21-18)22-16-4-2-1-3-5-16/h6-11,13,16,22H,1-5,12H2,(H,21,23,24). The molecule has 1 heterocycles. The maximum atomic E-state index is 12.1. The molecule has 4 nitrogen and oxygen atoms in total. The molecule has 1 fully saturated rings. The largest absolute Gasteiger partial charge is 0.381 e. The van der Waals surface area contributed by atoms with Crippen LogP contribution in [0.15, 0.2) is 47.1 Å². The third-order valence-corrected chi connectivity index (χ3v) is 4.81. The van der Waals surface area contributed by atoms with E-state index in [-0.39, 0.29) is 5.91 Å². The van der Waals surface area contributed by atoms with Gasteiger partial charge in [-0.15, -0.1) is 0 Å². The molecule has 0 radical (unpaired) electrons. The second-order valence-electron chi connectivity index (χ2n) is 6.26. The van der Waals surface area contributed by atoms with Crippen molar-refractivity contribution in [3.8, 4) is 0 Å². The van der Waals surface area contributed by atoms with Crippen LogP contribution in [0.1, 0.15) is 37.7 Å². The lowest BCUT2D eigenvalue weighted by Gasteiger charge is -2.23. The van der Waals surface area contributed by atoms with E-state index in [1.165, 1.54) is 32.1 Å². The smallest absolute Gasteiger partial charge is 0.229 e. The van der Waals surface area contributed by atoms with E-state index in [1.807, 2.05) is 36.4 Å². The lowest BCUT2D eigenvalue weighted by Crippen LogP contribution is -2.22. The maximum Gasteiger partial charge on any atom is 0.229 e. The molecule has 1 aromatic carbocycles. The van der Waals surface area contributed by atoms with Gasteiger partial charge in [-0.1, -0.05) is 47.3 Å². The number of hydrogen-bond donors (Lipinski definition) is 2. The van der Waals surface area contributed by atoms with Crippen molar-refractivity contribution in [2.75, 3.05) is 10.6 Å². The van der Waals surface area contributed by atoms with Crippen molar-refractivity contribution in [3.63, 3.8) is 0 Å². The molecule has 126 valence electrons. The van der Waals surface area contributed by atoms with Gasteiger partial charge in [-0.2, -0.15) is 0 Å². The Balaban J connectivity index is 1.51. The third kappa shape index (κ3) is 5.06. The molecule has 1 aliphatic rings. The van der Waals surface area contributed by atoms with E-state index in [0.29, 0.717) is 18.3 Å². The number of halogens is 1. The Morgan fingerprint density at radius 1 is 1.08 bits per heavy atom. The highest BCUT2D eigenvalue weighted by Crippen LogP contribution is 2.21. The van der Waals surface area contributed by atoms with E-state index in [0.717, 1.165) is 15.7 Å². The lowest BCUT2D eigenvalue weighted by atomic mass is 9.95. The first kappa shape index (κ1) is 17.0. The van der Waals surface area contributed by atoms with Crippen molar-refractivity contribution in [1.82, 2.24) is 4.98 Å². The molecule has 24 heavy (non-hydrogen) atoms. The zero-order chi connectivity index (χ0) is 16.8. The van der Waals surface area contributed by atoms with Crippen LogP contribution in [0.5, 0.6) is 0 Å². The van der Waals surface area contributed by atoms with Crippen LogP contribution in [0.3, 0.4) is 0 Å². The summed E-state index contributed by atoms with van der Waals surface area (Å²) in [6, 6.07) is 12.1. The first-order valence-electron chi connectivity index (χ1n) is 8.46. The van der Waals surface area contributed by atoms with Gasteiger partial charge in [0, 0.05) is 10.5 Å². The summed E-state index contributed by atoms with van der Waals surface area (Å²) < 4.78 is 1.01. The minimum Gasteiger partial charge on any atom is -0.381 e. The fraction of sp³-hybridized carbons (Fsp3) is 0.368. The second-order valence-corrected chi connectivity index (χ2v) is 7.18. The average Bonchev–Trinajstić information content (AvgIpc) is 2.60. The predicted molar refractivity (Wildman–Crippen MR) is 101 cm³/mol. The highest BCUT2D eigenvalue weighted by Gasteiger charge is 2.13. The van der Waals surface area contributed by atoms with Crippen molar-refractivity contribution < 1.29 is 4.79 Å². The van der Waals surface area contributed by atoms with E-state index in [4.69, 9.17) is 0 Å². The van der Waals surface area contributed by atoms with Crippen molar-refractivity contribution in [1.29, 1.82) is 0 Å². The van der Waals surface area contributed by atoms with E-state index in [1.54, 1.807) is 6.20 Å². The summed E-state index contributed by atoms with van der Waals surface area (Å²) in [5.74, 6) is 0.532. The SMILES string of the molecule is O=C(Cc1ccc(Br)cc1)Nc1ccc(NC2CCCCC2)cn1. The Morgan fingerprint density at radius 3 is 2.50 bits per heavy atom. The number of rotatable bonds is 5. The molecular formula is C19H22BrN3O. The van der Waals surface area contributed by atoms with Crippen molar-refractivity contribution >= 4 is 33.3 Å².